The van der Waals surface area contributed by atoms with Gasteiger partial charge < -0.3 is 10.1 Å². The molecule has 5 heteroatoms. The average molecular weight is 311 g/mol. The summed E-state index contributed by atoms with van der Waals surface area (Å²) in [4.78, 5) is 5.39. The fourth-order valence-corrected chi connectivity index (χ4v) is 3.27. The molecule has 0 saturated carbocycles. The molecule has 108 valence electrons. The summed E-state index contributed by atoms with van der Waals surface area (Å²) in [6.45, 7) is 6.94. The van der Waals surface area contributed by atoms with E-state index in [1.807, 2.05) is 37.6 Å². The lowest BCUT2D eigenvalue weighted by atomic mass is 10.1. The second-order valence-corrected chi connectivity index (χ2v) is 6.10. The Bertz CT molecular complexity index is 556. The molecule has 0 aliphatic rings. The molecule has 0 fully saturated rings. The van der Waals surface area contributed by atoms with Crippen LogP contribution >= 0.6 is 22.9 Å². The smallest absolute Gasteiger partial charge is 0.138 e. The van der Waals surface area contributed by atoms with Crippen molar-refractivity contribution < 1.29 is 4.74 Å². The molecular weight excluding hydrogens is 292 g/mol. The summed E-state index contributed by atoms with van der Waals surface area (Å²) in [6, 6.07) is 4.00. The van der Waals surface area contributed by atoms with Crippen molar-refractivity contribution in [3.05, 3.63) is 45.4 Å². The molecule has 0 aliphatic heterocycles. The monoisotopic (exact) mass is 310 g/mol. The fraction of sp³-hybridized carbons (Fsp3) is 0.400. The van der Waals surface area contributed by atoms with Crippen molar-refractivity contribution >= 4 is 22.9 Å². The van der Waals surface area contributed by atoms with Crippen LogP contribution in [0.1, 0.15) is 37.3 Å². The van der Waals surface area contributed by atoms with Gasteiger partial charge in [0.05, 0.1) is 23.4 Å². The van der Waals surface area contributed by atoms with Gasteiger partial charge in [0.25, 0.3) is 0 Å². The molecule has 3 nitrogen and oxygen atoms in total. The summed E-state index contributed by atoms with van der Waals surface area (Å²) >= 11 is 7.91. The van der Waals surface area contributed by atoms with Crippen molar-refractivity contribution in [2.75, 3.05) is 6.54 Å². The number of hydrogen-bond acceptors (Lipinski definition) is 4. The molecule has 20 heavy (non-hydrogen) atoms. The molecule has 0 amide bonds. The minimum atomic E-state index is 0.0516. The Morgan fingerprint density at radius 1 is 1.40 bits per heavy atom. The summed E-state index contributed by atoms with van der Waals surface area (Å²) in [7, 11) is 0. The second-order valence-electron chi connectivity index (χ2n) is 4.74. The van der Waals surface area contributed by atoms with Crippen LogP contribution in [0.4, 0.5) is 0 Å². The molecule has 0 radical (unpaired) electrons. The van der Waals surface area contributed by atoms with E-state index in [1.165, 1.54) is 0 Å². The van der Waals surface area contributed by atoms with Crippen LogP contribution in [0.25, 0.3) is 0 Å². The molecule has 0 bridgehead atoms. The lowest BCUT2D eigenvalue weighted by Gasteiger charge is -2.18. The molecule has 2 aromatic rings. The zero-order chi connectivity index (χ0) is 14.5. The third-order valence-electron chi connectivity index (χ3n) is 2.75. The lowest BCUT2D eigenvalue weighted by molar-refractivity contribution is 0.241. The van der Waals surface area contributed by atoms with Gasteiger partial charge in [-0.05, 0) is 43.5 Å². The molecule has 0 saturated heterocycles. The van der Waals surface area contributed by atoms with E-state index in [4.69, 9.17) is 16.3 Å². The first-order valence-corrected chi connectivity index (χ1v) is 7.95. The van der Waals surface area contributed by atoms with Gasteiger partial charge in [0.1, 0.15) is 5.75 Å². The van der Waals surface area contributed by atoms with Gasteiger partial charge >= 0.3 is 0 Å². The van der Waals surface area contributed by atoms with Gasteiger partial charge in [-0.25, -0.2) is 0 Å². The third kappa shape index (κ3) is 3.72. The highest BCUT2D eigenvalue weighted by Gasteiger charge is 2.18. The maximum absolute atomic E-state index is 6.26. The van der Waals surface area contributed by atoms with Crippen LogP contribution in [-0.4, -0.2) is 17.6 Å². The van der Waals surface area contributed by atoms with Crippen molar-refractivity contribution in [3.63, 3.8) is 0 Å². The fourth-order valence-electron chi connectivity index (χ4n) is 2.01. The van der Waals surface area contributed by atoms with E-state index < -0.39 is 0 Å². The van der Waals surface area contributed by atoms with Crippen LogP contribution in [0, 0.1) is 0 Å². The van der Waals surface area contributed by atoms with Gasteiger partial charge in [-0.2, -0.15) is 0 Å². The molecule has 2 heterocycles. The molecular formula is C15H19ClN2OS. The lowest BCUT2D eigenvalue weighted by Crippen LogP contribution is -2.21. The highest BCUT2D eigenvalue weighted by molar-refractivity contribution is 7.10. The summed E-state index contributed by atoms with van der Waals surface area (Å²) in [5.74, 6) is 0.785. The summed E-state index contributed by atoms with van der Waals surface area (Å²) in [5.41, 5.74) is 1.06. The first-order chi connectivity index (χ1) is 9.61. The molecule has 0 spiro atoms. The third-order valence-corrected chi connectivity index (χ3v) is 4.18. The van der Waals surface area contributed by atoms with Gasteiger partial charge in [-0.1, -0.05) is 18.5 Å². The molecule has 2 rings (SSSR count). The minimum Gasteiger partial charge on any atom is -0.489 e. The zero-order valence-corrected chi connectivity index (χ0v) is 13.5. The predicted molar refractivity (Wildman–Crippen MR) is 84.8 cm³/mol. The Labute approximate surface area is 129 Å². The Morgan fingerprint density at radius 3 is 2.80 bits per heavy atom. The first kappa shape index (κ1) is 15.3. The number of nitrogens with one attached hydrogen (secondary N) is 1. The highest BCUT2D eigenvalue weighted by atomic mass is 35.5. The number of nitrogens with zero attached hydrogens (tertiary/aromatic N) is 1. The van der Waals surface area contributed by atoms with Gasteiger partial charge in [0.2, 0.25) is 0 Å². The quantitative estimate of drug-likeness (QED) is 0.864. The van der Waals surface area contributed by atoms with Gasteiger partial charge in [-0.3, -0.25) is 4.98 Å². The van der Waals surface area contributed by atoms with Crippen LogP contribution in [0.3, 0.4) is 0 Å². The highest BCUT2D eigenvalue weighted by Crippen LogP contribution is 2.33. The van der Waals surface area contributed by atoms with E-state index in [1.54, 1.807) is 17.5 Å². The summed E-state index contributed by atoms with van der Waals surface area (Å²) in [5, 5.41) is 6.25. The van der Waals surface area contributed by atoms with E-state index in [0.717, 1.165) is 27.8 Å². The van der Waals surface area contributed by atoms with Crippen molar-refractivity contribution in [1.82, 2.24) is 10.3 Å². The number of thiophene rings is 1. The maximum Gasteiger partial charge on any atom is 0.138 e. The Balaban J connectivity index is 2.32. The normalized spacial score (nSPS) is 12.7. The summed E-state index contributed by atoms with van der Waals surface area (Å²) in [6.07, 6.45) is 3.73. The van der Waals surface area contributed by atoms with Crippen LogP contribution < -0.4 is 10.1 Å². The van der Waals surface area contributed by atoms with E-state index in [2.05, 4.69) is 17.2 Å². The van der Waals surface area contributed by atoms with Crippen molar-refractivity contribution in [2.24, 2.45) is 0 Å². The van der Waals surface area contributed by atoms with Crippen LogP contribution in [0.2, 0.25) is 5.02 Å². The van der Waals surface area contributed by atoms with Crippen LogP contribution in [-0.2, 0) is 0 Å². The van der Waals surface area contributed by atoms with E-state index in [-0.39, 0.29) is 12.1 Å². The van der Waals surface area contributed by atoms with Gasteiger partial charge in [0.15, 0.2) is 0 Å². The second kappa shape index (κ2) is 7.07. The molecule has 0 aliphatic carbocycles. The minimum absolute atomic E-state index is 0.0516. The number of hydrogen-bond donors (Lipinski definition) is 1. The molecule has 2 aromatic heterocycles. The van der Waals surface area contributed by atoms with Crippen molar-refractivity contribution in [2.45, 2.75) is 32.9 Å². The largest absolute Gasteiger partial charge is 0.489 e. The Hall–Kier alpha value is -1.10. The summed E-state index contributed by atoms with van der Waals surface area (Å²) < 4.78 is 5.71. The van der Waals surface area contributed by atoms with Crippen molar-refractivity contribution in [1.29, 1.82) is 0 Å². The van der Waals surface area contributed by atoms with Crippen LogP contribution in [0.15, 0.2) is 29.9 Å². The number of ether oxygens (including phenoxy) is 1. The topological polar surface area (TPSA) is 34.2 Å². The first-order valence-electron chi connectivity index (χ1n) is 6.69. The molecule has 1 atom stereocenters. The Morgan fingerprint density at radius 2 is 2.20 bits per heavy atom. The molecule has 1 N–H and O–H groups in total. The molecule has 1 unspecified atom stereocenters. The standard InChI is InChI=1S/C15H19ClN2OS/c1-4-18-14(15-13(16)5-6-20-15)11-7-12(9-17-8-11)19-10(2)3/h5-10,14,18H,4H2,1-3H3. The average Bonchev–Trinajstić information content (AvgIpc) is 2.81. The van der Waals surface area contributed by atoms with Gasteiger partial charge in [-0.15, -0.1) is 11.3 Å². The van der Waals surface area contributed by atoms with Crippen molar-refractivity contribution in [3.8, 4) is 5.75 Å². The van der Waals surface area contributed by atoms with Crippen LogP contribution in [0.5, 0.6) is 5.75 Å². The molecule has 0 aromatic carbocycles. The van der Waals surface area contributed by atoms with E-state index >= 15 is 0 Å². The maximum atomic E-state index is 6.26. The SMILES string of the molecule is CCNC(c1cncc(OC(C)C)c1)c1sccc1Cl. The number of rotatable bonds is 6. The number of pyridine rings is 1. The predicted octanol–water partition coefficient (Wildman–Crippen LogP) is 4.28. The van der Waals surface area contributed by atoms with Gasteiger partial charge in [0, 0.05) is 11.1 Å². The van der Waals surface area contributed by atoms with E-state index in [9.17, 15) is 0 Å². The Kier molecular flexibility index (Phi) is 5.40. The zero-order valence-electron chi connectivity index (χ0n) is 11.9. The number of aromatic nitrogens is 1. The van der Waals surface area contributed by atoms with E-state index in [0.29, 0.717) is 0 Å². The number of halogens is 1.